The molecular weight excluding hydrogens is 400 g/mol. The third kappa shape index (κ3) is 16.3. The molecule has 0 fully saturated rings. The van der Waals surface area contributed by atoms with Crippen molar-refractivity contribution in [1.82, 2.24) is 0 Å². The molecule has 1 rings (SSSR count). The minimum atomic E-state index is -1.06. The van der Waals surface area contributed by atoms with E-state index < -0.39 is 12.2 Å². The van der Waals surface area contributed by atoms with E-state index in [1.54, 1.807) is 0 Å². The lowest BCUT2D eigenvalue weighted by atomic mass is 10.0. The van der Waals surface area contributed by atoms with Crippen molar-refractivity contribution in [3.8, 4) is 0 Å². The number of esters is 1. The van der Waals surface area contributed by atoms with Crippen molar-refractivity contribution in [2.75, 3.05) is 6.61 Å². The average Bonchev–Trinajstić information content (AvgIpc) is 2.80. The van der Waals surface area contributed by atoms with Crippen molar-refractivity contribution < 1.29 is 19.7 Å². The smallest absolute Gasteiger partial charge is 0.305 e. The van der Waals surface area contributed by atoms with E-state index in [0.717, 1.165) is 18.4 Å². The number of ether oxygens (including phenoxy) is 1. The van der Waals surface area contributed by atoms with Gasteiger partial charge in [-0.15, -0.1) is 0 Å². The van der Waals surface area contributed by atoms with Crippen LogP contribution < -0.4 is 0 Å². The molecule has 0 saturated heterocycles. The molecule has 0 aromatic heterocycles. The zero-order valence-electron chi connectivity index (χ0n) is 20.5. The number of carbonyl (C=O) groups is 1. The maximum atomic E-state index is 11.8. The molecule has 0 spiro atoms. The number of aliphatic hydroxyl groups excluding tert-OH is 2. The number of hydrogen-bond acceptors (Lipinski definition) is 4. The van der Waals surface area contributed by atoms with Gasteiger partial charge in [0.15, 0.2) is 0 Å². The van der Waals surface area contributed by atoms with E-state index in [1.807, 2.05) is 30.3 Å². The highest BCUT2D eigenvalue weighted by Crippen LogP contribution is 2.14. The van der Waals surface area contributed by atoms with Crippen LogP contribution in [-0.4, -0.2) is 35.0 Å². The molecule has 0 aliphatic rings. The first-order valence-electron chi connectivity index (χ1n) is 13.2. The third-order valence-corrected chi connectivity index (χ3v) is 6.13. The Bertz CT molecular complexity index is 546. The number of aliphatic hydroxyl groups is 2. The minimum absolute atomic E-state index is 0.147. The summed E-state index contributed by atoms with van der Waals surface area (Å²) in [6, 6.07) is 9.50. The molecule has 1 aromatic carbocycles. The second-order valence-electron chi connectivity index (χ2n) is 9.21. The summed E-state index contributed by atoms with van der Waals surface area (Å²) in [6.07, 6.45) is 18.2. The van der Waals surface area contributed by atoms with Crippen LogP contribution in [0.25, 0.3) is 0 Å². The predicted molar refractivity (Wildman–Crippen MR) is 133 cm³/mol. The highest BCUT2D eigenvalue weighted by Gasteiger charge is 2.18. The lowest BCUT2D eigenvalue weighted by Gasteiger charge is -2.17. The standard InChI is InChI=1S/C28H48O4/c1-2-3-4-5-6-7-8-9-10-11-12-13-14-15-19-22-28(31)32-24-27(30)26(29)23-25-20-17-16-18-21-25/h16-18,20-21,26-27,29-30H,2-15,19,22-24H2,1H3. The van der Waals surface area contributed by atoms with E-state index in [2.05, 4.69) is 6.92 Å². The molecular formula is C28H48O4. The first-order chi connectivity index (χ1) is 15.6. The van der Waals surface area contributed by atoms with Crippen molar-refractivity contribution in [2.45, 2.75) is 128 Å². The summed E-state index contributed by atoms with van der Waals surface area (Å²) in [5.74, 6) is -0.286. The molecule has 2 atom stereocenters. The van der Waals surface area contributed by atoms with Crippen molar-refractivity contribution in [3.63, 3.8) is 0 Å². The van der Waals surface area contributed by atoms with Crippen LogP contribution in [0.5, 0.6) is 0 Å². The van der Waals surface area contributed by atoms with E-state index in [9.17, 15) is 15.0 Å². The number of benzene rings is 1. The Kier molecular flexibility index (Phi) is 18.1. The second-order valence-corrected chi connectivity index (χ2v) is 9.21. The first-order valence-corrected chi connectivity index (χ1v) is 13.2. The van der Waals surface area contributed by atoms with Gasteiger partial charge in [-0.3, -0.25) is 4.79 Å². The zero-order valence-corrected chi connectivity index (χ0v) is 20.5. The summed E-state index contributed by atoms with van der Waals surface area (Å²) in [7, 11) is 0. The Labute approximate surface area is 196 Å². The predicted octanol–water partition coefficient (Wildman–Crippen LogP) is 6.76. The summed E-state index contributed by atoms with van der Waals surface area (Å²) < 4.78 is 5.13. The molecule has 32 heavy (non-hydrogen) atoms. The van der Waals surface area contributed by atoms with Crippen molar-refractivity contribution in [2.24, 2.45) is 0 Å². The molecule has 1 aromatic rings. The molecule has 2 N–H and O–H groups in total. The van der Waals surface area contributed by atoms with Gasteiger partial charge in [-0.1, -0.05) is 127 Å². The molecule has 0 amide bonds. The number of unbranched alkanes of at least 4 members (excludes halogenated alkanes) is 14. The van der Waals surface area contributed by atoms with Crippen LogP contribution in [-0.2, 0) is 16.0 Å². The minimum Gasteiger partial charge on any atom is -0.463 e. The topological polar surface area (TPSA) is 66.8 Å². The van der Waals surface area contributed by atoms with Crippen LogP contribution in [0.3, 0.4) is 0 Å². The lowest BCUT2D eigenvalue weighted by Crippen LogP contribution is -2.33. The van der Waals surface area contributed by atoms with Crippen LogP contribution in [0, 0.1) is 0 Å². The van der Waals surface area contributed by atoms with Gasteiger partial charge in [0.1, 0.15) is 12.7 Å². The highest BCUT2D eigenvalue weighted by atomic mass is 16.5. The maximum Gasteiger partial charge on any atom is 0.305 e. The van der Waals surface area contributed by atoms with E-state index in [-0.39, 0.29) is 12.6 Å². The molecule has 0 radical (unpaired) electrons. The van der Waals surface area contributed by atoms with Crippen LogP contribution in [0.1, 0.15) is 115 Å². The Balaban J connectivity index is 1.87. The first kappa shape index (κ1) is 28.6. The maximum absolute atomic E-state index is 11.8. The van der Waals surface area contributed by atoms with E-state index in [0.29, 0.717) is 12.8 Å². The summed E-state index contributed by atoms with van der Waals surface area (Å²) in [5, 5.41) is 20.1. The lowest BCUT2D eigenvalue weighted by molar-refractivity contribution is -0.149. The fourth-order valence-corrected chi connectivity index (χ4v) is 3.99. The van der Waals surface area contributed by atoms with E-state index in [1.165, 1.54) is 83.5 Å². The molecule has 4 heteroatoms. The van der Waals surface area contributed by atoms with E-state index >= 15 is 0 Å². The molecule has 4 nitrogen and oxygen atoms in total. The molecule has 0 bridgehead atoms. The molecule has 0 aliphatic carbocycles. The van der Waals surface area contributed by atoms with Crippen molar-refractivity contribution in [3.05, 3.63) is 35.9 Å². The molecule has 184 valence electrons. The van der Waals surface area contributed by atoms with Gasteiger partial charge in [0, 0.05) is 12.8 Å². The van der Waals surface area contributed by atoms with Gasteiger partial charge >= 0.3 is 5.97 Å². The third-order valence-electron chi connectivity index (χ3n) is 6.13. The fourth-order valence-electron chi connectivity index (χ4n) is 3.99. The van der Waals surface area contributed by atoms with Gasteiger partial charge in [0.05, 0.1) is 6.10 Å². The Morgan fingerprint density at radius 1 is 0.719 bits per heavy atom. The van der Waals surface area contributed by atoms with Crippen LogP contribution in [0.15, 0.2) is 30.3 Å². The average molecular weight is 449 g/mol. The Morgan fingerprint density at radius 2 is 1.19 bits per heavy atom. The van der Waals surface area contributed by atoms with Crippen molar-refractivity contribution in [1.29, 1.82) is 0 Å². The monoisotopic (exact) mass is 448 g/mol. The summed E-state index contributed by atoms with van der Waals surface area (Å²) >= 11 is 0. The molecule has 0 heterocycles. The van der Waals surface area contributed by atoms with Gasteiger partial charge in [0.25, 0.3) is 0 Å². The molecule has 2 unspecified atom stereocenters. The van der Waals surface area contributed by atoms with Gasteiger partial charge < -0.3 is 14.9 Å². The largest absolute Gasteiger partial charge is 0.463 e. The van der Waals surface area contributed by atoms with Crippen LogP contribution in [0.4, 0.5) is 0 Å². The number of rotatable bonds is 21. The Hall–Kier alpha value is -1.39. The number of carbonyl (C=O) groups excluding carboxylic acids is 1. The van der Waals surface area contributed by atoms with E-state index in [4.69, 9.17) is 4.74 Å². The van der Waals surface area contributed by atoms with Gasteiger partial charge in [0.2, 0.25) is 0 Å². The second kappa shape index (κ2) is 20.2. The zero-order chi connectivity index (χ0) is 23.3. The molecule has 0 saturated carbocycles. The summed E-state index contributed by atoms with van der Waals surface area (Å²) in [6.45, 7) is 2.12. The Morgan fingerprint density at radius 3 is 1.69 bits per heavy atom. The van der Waals surface area contributed by atoms with Crippen molar-refractivity contribution >= 4 is 5.97 Å². The van der Waals surface area contributed by atoms with Gasteiger partial charge in [-0.25, -0.2) is 0 Å². The summed E-state index contributed by atoms with van der Waals surface area (Å²) in [4.78, 5) is 11.8. The van der Waals surface area contributed by atoms with Gasteiger partial charge in [-0.05, 0) is 12.0 Å². The van der Waals surface area contributed by atoms with Crippen LogP contribution >= 0.6 is 0 Å². The van der Waals surface area contributed by atoms with Crippen LogP contribution in [0.2, 0.25) is 0 Å². The summed E-state index contributed by atoms with van der Waals surface area (Å²) in [5.41, 5.74) is 0.947. The quantitative estimate of drug-likeness (QED) is 0.161. The molecule has 0 aliphatic heterocycles. The number of hydrogen-bond donors (Lipinski definition) is 2. The normalized spacial score (nSPS) is 13.1. The fraction of sp³-hybridized carbons (Fsp3) is 0.750. The van der Waals surface area contributed by atoms with Gasteiger partial charge in [-0.2, -0.15) is 0 Å². The SMILES string of the molecule is CCCCCCCCCCCCCCCCCC(=O)OCC(O)C(O)Cc1ccccc1. The highest BCUT2D eigenvalue weighted by molar-refractivity contribution is 5.69.